The highest BCUT2D eigenvalue weighted by atomic mass is 32.2. The van der Waals surface area contributed by atoms with Crippen LogP contribution in [0.5, 0.6) is 0 Å². The highest BCUT2D eigenvalue weighted by Gasteiger charge is 2.50. The van der Waals surface area contributed by atoms with Crippen LogP contribution < -0.4 is 0 Å². The molecule has 2 aromatic heterocycles. The number of oxazole rings is 2. The van der Waals surface area contributed by atoms with Crippen LogP contribution in [0.1, 0.15) is 22.3 Å². The standard InChI is InChI=1S/C57H34N2O2S/c1-3-13-35(14-4-1)55-58-49-27-24-38(33-51(49)60-55)41-29-40(30-42(31-41)39-25-28-50-52(34-39)61-56(59-50)36-15-5-2-6-16-36)37-23-26-44-43-17-7-8-18-45(43)57(48(44)32-37)46-19-9-11-21-53(46)62-54-22-12-10-20-47(54)57/h1-34H. The minimum atomic E-state index is -0.470. The molecule has 2 aliphatic rings. The third-order valence-electron chi connectivity index (χ3n) is 12.6. The molecule has 1 spiro atoms. The van der Waals surface area contributed by atoms with Crippen LogP contribution in [-0.2, 0) is 5.41 Å². The van der Waals surface area contributed by atoms with E-state index in [1.807, 2.05) is 72.4 Å². The van der Waals surface area contributed by atoms with Crippen LogP contribution in [0, 0.1) is 0 Å². The monoisotopic (exact) mass is 810 g/mol. The Kier molecular flexibility index (Phi) is 7.72. The molecule has 62 heavy (non-hydrogen) atoms. The van der Waals surface area contributed by atoms with Crippen molar-refractivity contribution in [3.8, 4) is 67.4 Å². The lowest BCUT2D eigenvalue weighted by Gasteiger charge is -2.39. The van der Waals surface area contributed by atoms with Gasteiger partial charge in [-0.05, 0) is 152 Å². The quantitative estimate of drug-likeness (QED) is 0.173. The molecule has 0 atom stereocenters. The molecule has 9 aromatic carbocycles. The van der Waals surface area contributed by atoms with Gasteiger partial charge >= 0.3 is 0 Å². The van der Waals surface area contributed by atoms with E-state index in [2.05, 4.69) is 146 Å². The van der Waals surface area contributed by atoms with Crippen molar-refractivity contribution in [3.63, 3.8) is 0 Å². The van der Waals surface area contributed by atoms with Gasteiger partial charge in [-0.2, -0.15) is 0 Å². The molecular weight excluding hydrogens is 777 g/mol. The summed E-state index contributed by atoms with van der Waals surface area (Å²) in [5.74, 6) is 1.22. The van der Waals surface area contributed by atoms with Gasteiger partial charge in [0.05, 0.1) is 5.41 Å². The van der Waals surface area contributed by atoms with Crippen molar-refractivity contribution in [3.05, 3.63) is 229 Å². The number of fused-ring (bicyclic) bond motifs is 11. The maximum absolute atomic E-state index is 6.40. The van der Waals surface area contributed by atoms with E-state index in [9.17, 15) is 0 Å². The van der Waals surface area contributed by atoms with Crippen molar-refractivity contribution < 1.29 is 8.83 Å². The van der Waals surface area contributed by atoms with Crippen molar-refractivity contribution in [1.29, 1.82) is 0 Å². The first-order valence-corrected chi connectivity index (χ1v) is 21.7. The summed E-state index contributed by atoms with van der Waals surface area (Å²) in [4.78, 5) is 12.3. The molecule has 0 radical (unpaired) electrons. The fraction of sp³-hybridized carbons (Fsp3) is 0.0175. The van der Waals surface area contributed by atoms with Crippen LogP contribution in [0.2, 0.25) is 0 Å². The number of hydrogen-bond donors (Lipinski definition) is 0. The smallest absolute Gasteiger partial charge is 0.227 e. The van der Waals surface area contributed by atoms with Crippen LogP contribution in [-0.4, -0.2) is 9.97 Å². The zero-order valence-corrected chi connectivity index (χ0v) is 34.1. The molecule has 3 heterocycles. The number of hydrogen-bond acceptors (Lipinski definition) is 5. The lowest BCUT2D eigenvalue weighted by molar-refractivity contribution is 0.619. The Morgan fingerprint density at radius 3 is 1.31 bits per heavy atom. The summed E-state index contributed by atoms with van der Waals surface area (Å²) >= 11 is 1.87. The minimum absolute atomic E-state index is 0.470. The van der Waals surface area contributed by atoms with Gasteiger partial charge < -0.3 is 8.83 Å². The molecule has 290 valence electrons. The molecule has 0 unspecified atom stereocenters. The maximum Gasteiger partial charge on any atom is 0.227 e. The largest absolute Gasteiger partial charge is 0.436 e. The van der Waals surface area contributed by atoms with Crippen LogP contribution in [0.15, 0.2) is 225 Å². The summed E-state index contributed by atoms with van der Waals surface area (Å²) in [7, 11) is 0. The van der Waals surface area contributed by atoms with E-state index in [0.29, 0.717) is 11.8 Å². The van der Waals surface area contributed by atoms with Crippen molar-refractivity contribution in [2.24, 2.45) is 0 Å². The van der Waals surface area contributed by atoms with Crippen LogP contribution in [0.3, 0.4) is 0 Å². The lowest BCUT2D eigenvalue weighted by Crippen LogP contribution is -2.31. The van der Waals surface area contributed by atoms with Gasteiger partial charge in [0.25, 0.3) is 0 Å². The first-order valence-electron chi connectivity index (χ1n) is 20.9. The molecule has 0 saturated heterocycles. The predicted octanol–water partition coefficient (Wildman–Crippen LogP) is 15.1. The van der Waals surface area contributed by atoms with Gasteiger partial charge in [-0.25, -0.2) is 9.97 Å². The molecule has 0 saturated carbocycles. The molecule has 11 aromatic rings. The van der Waals surface area contributed by atoms with E-state index in [4.69, 9.17) is 18.8 Å². The normalized spacial score (nSPS) is 13.2. The summed E-state index contributed by atoms with van der Waals surface area (Å²) in [6.07, 6.45) is 0. The zero-order chi connectivity index (χ0) is 40.8. The van der Waals surface area contributed by atoms with E-state index in [1.54, 1.807) is 0 Å². The fourth-order valence-corrected chi connectivity index (χ4v) is 11.0. The molecule has 1 aliphatic carbocycles. The Labute approximate surface area is 362 Å². The highest BCUT2D eigenvalue weighted by molar-refractivity contribution is 7.99. The second kappa shape index (κ2) is 13.6. The third-order valence-corrected chi connectivity index (χ3v) is 13.8. The Balaban J connectivity index is 1.02. The Hall–Kier alpha value is -7.73. The molecule has 13 rings (SSSR count). The van der Waals surface area contributed by atoms with Crippen LogP contribution in [0.25, 0.3) is 89.6 Å². The van der Waals surface area contributed by atoms with Gasteiger partial charge in [0.15, 0.2) is 11.2 Å². The molecule has 0 amide bonds. The van der Waals surface area contributed by atoms with Gasteiger partial charge in [0.1, 0.15) is 11.0 Å². The lowest BCUT2D eigenvalue weighted by atomic mass is 9.67. The number of aromatic nitrogens is 2. The average Bonchev–Trinajstić information content (AvgIpc) is 4.05. The fourth-order valence-electron chi connectivity index (χ4n) is 9.78. The maximum atomic E-state index is 6.40. The van der Waals surface area contributed by atoms with E-state index in [0.717, 1.165) is 66.7 Å². The number of benzene rings is 9. The summed E-state index contributed by atoms with van der Waals surface area (Å²) in [6, 6.07) is 73.7. The highest BCUT2D eigenvalue weighted by Crippen LogP contribution is 2.62. The van der Waals surface area contributed by atoms with Crippen LogP contribution in [0.4, 0.5) is 0 Å². The summed E-state index contributed by atoms with van der Waals surface area (Å²) in [6.45, 7) is 0. The van der Waals surface area contributed by atoms with Crippen molar-refractivity contribution >= 4 is 34.0 Å². The minimum Gasteiger partial charge on any atom is -0.436 e. The van der Waals surface area contributed by atoms with Gasteiger partial charge in [0.2, 0.25) is 11.8 Å². The van der Waals surface area contributed by atoms with Crippen molar-refractivity contribution in [2.75, 3.05) is 0 Å². The van der Waals surface area contributed by atoms with E-state index < -0.39 is 5.41 Å². The Bertz CT molecular complexity index is 3390. The SMILES string of the molecule is c1ccc(-c2nc3ccc(-c4cc(-c5ccc6c(c5)C5(c7ccccc7Sc7ccccc75)c5ccccc5-6)cc(-c5ccc6nc(-c7ccccc7)oc6c5)c4)cc3o2)cc1. The number of nitrogens with zero attached hydrogens (tertiary/aromatic N) is 2. The summed E-state index contributed by atoms with van der Waals surface area (Å²) in [5, 5.41) is 0. The molecule has 0 N–H and O–H groups in total. The molecular formula is C57H34N2O2S. The first-order chi connectivity index (χ1) is 30.7. The van der Waals surface area contributed by atoms with Gasteiger partial charge in [-0.15, -0.1) is 0 Å². The van der Waals surface area contributed by atoms with E-state index in [1.165, 1.54) is 43.2 Å². The average molecular weight is 811 g/mol. The van der Waals surface area contributed by atoms with Crippen molar-refractivity contribution in [1.82, 2.24) is 9.97 Å². The molecule has 4 nitrogen and oxygen atoms in total. The first kappa shape index (κ1) is 35.1. The van der Waals surface area contributed by atoms with E-state index in [-0.39, 0.29) is 0 Å². The van der Waals surface area contributed by atoms with Crippen LogP contribution >= 0.6 is 11.8 Å². The molecule has 0 fully saturated rings. The second-order valence-corrected chi connectivity index (χ2v) is 17.2. The Morgan fingerprint density at radius 1 is 0.323 bits per heavy atom. The topological polar surface area (TPSA) is 52.1 Å². The van der Waals surface area contributed by atoms with Gasteiger partial charge in [0, 0.05) is 20.9 Å². The third kappa shape index (κ3) is 5.35. The molecule has 0 bridgehead atoms. The summed E-state index contributed by atoms with van der Waals surface area (Å²) < 4.78 is 12.8. The van der Waals surface area contributed by atoms with E-state index >= 15 is 0 Å². The predicted molar refractivity (Wildman–Crippen MR) is 250 cm³/mol. The Morgan fingerprint density at radius 2 is 0.758 bits per heavy atom. The second-order valence-electron chi connectivity index (χ2n) is 16.1. The molecule has 5 heteroatoms. The summed E-state index contributed by atoms with van der Waals surface area (Å²) in [5.41, 5.74) is 18.9. The van der Waals surface area contributed by atoms with Gasteiger partial charge in [-0.3, -0.25) is 0 Å². The van der Waals surface area contributed by atoms with Crippen molar-refractivity contribution in [2.45, 2.75) is 15.2 Å². The number of rotatable bonds is 5. The molecule has 1 aliphatic heterocycles. The zero-order valence-electron chi connectivity index (χ0n) is 33.2. The van der Waals surface area contributed by atoms with Gasteiger partial charge in [-0.1, -0.05) is 133 Å².